The molecule has 0 aliphatic carbocycles. The molecule has 2 amide bonds. The van der Waals surface area contributed by atoms with Gasteiger partial charge in [-0.1, -0.05) is 0 Å². The van der Waals surface area contributed by atoms with Crippen molar-refractivity contribution in [3.05, 3.63) is 35.3 Å². The monoisotopic (exact) mass is 280 g/mol. The van der Waals surface area contributed by atoms with Gasteiger partial charge in [0.05, 0.1) is 12.6 Å². The van der Waals surface area contributed by atoms with Crippen LogP contribution < -0.4 is 10.6 Å². The summed E-state index contributed by atoms with van der Waals surface area (Å²) < 4.78 is 18.9. The number of nitrogens with one attached hydrogen (secondary N) is 2. The third-order valence-corrected chi connectivity index (χ3v) is 3.07. The highest BCUT2D eigenvalue weighted by molar-refractivity contribution is 5.82. The third kappa shape index (κ3) is 2.91. The average molecular weight is 280 g/mol. The van der Waals surface area contributed by atoms with Crippen molar-refractivity contribution in [3.63, 3.8) is 0 Å². The molecule has 0 fully saturated rings. The van der Waals surface area contributed by atoms with Gasteiger partial charge < -0.3 is 20.2 Å². The smallest absolute Gasteiger partial charge is 0.315 e. The molecular formula is C14H17FN2O3. The Morgan fingerprint density at radius 3 is 2.95 bits per heavy atom. The second-order valence-electron chi connectivity index (χ2n) is 4.58. The van der Waals surface area contributed by atoms with E-state index in [1.54, 1.807) is 13.0 Å². The number of aryl methyl sites for hydroxylation is 1. The lowest BCUT2D eigenvalue weighted by Gasteiger charge is -2.13. The highest BCUT2D eigenvalue weighted by Crippen LogP contribution is 2.29. The summed E-state index contributed by atoms with van der Waals surface area (Å²) in [5.74, 6) is 0.263. The lowest BCUT2D eigenvalue weighted by Crippen LogP contribution is -2.38. The summed E-state index contributed by atoms with van der Waals surface area (Å²) >= 11 is 0. The van der Waals surface area contributed by atoms with Gasteiger partial charge in [-0.25, -0.2) is 9.18 Å². The Hall–Kier alpha value is -2.08. The van der Waals surface area contributed by atoms with Crippen molar-refractivity contribution in [1.82, 2.24) is 10.6 Å². The van der Waals surface area contributed by atoms with Crippen LogP contribution in [0.2, 0.25) is 0 Å². The summed E-state index contributed by atoms with van der Waals surface area (Å²) in [7, 11) is 0. The quantitative estimate of drug-likeness (QED) is 0.804. The summed E-state index contributed by atoms with van der Waals surface area (Å²) in [6, 6.07) is 3.57. The lowest BCUT2D eigenvalue weighted by molar-refractivity contribution is 0.230. The number of aliphatic hydroxyl groups is 1. The van der Waals surface area contributed by atoms with Crippen LogP contribution in [0.15, 0.2) is 22.6 Å². The largest absolute Gasteiger partial charge is 0.459 e. The van der Waals surface area contributed by atoms with E-state index in [-0.39, 0.29) is 25.0 Å². The number of halogens is 1. The molecule has 1 heterocycles. The number of aliphatic hydroxyl groups excluding tert-OH is 1. The van der Waals surface area contributed by atoms with Gasteiger partial charge in [0.2, 0.25) is 0 Å². The fourth-order valence-electron chi connectivity index (χ4n) is 2.11. The lowest BCUT2D eigenvalue weighted by atomic mass is 10.1. The Bertz CT molecular complexity index is 624. The molecule has 20 heavy (non-hydrogen) atoms. The number of hydrogen-bond acceptors (Lipinski definition) is 3. The predicted molar refractivity (Wildman–Crippen MR) is 72.9 cm³/mol. The number of fused-ring (bicyclic) bond motifs is 1. The molecule has 0 spiro atoms. The van der Waals surface area contributed by atoms with E-state index in [4.69, 9.17) is 9.52 Å². The van der Waals surface area contributed by atoms with Crippen molar-refractivity contribution in [2.24, 2.45) is 0 Å². The number of furan rings is 1. The van der Waals surface area contributed by atoms with Crippen LogP contribution in [0.1, 0.15) is 24.3 Å². The Balaban J connectivity index is 2.20. The number of rotatable bonds is 4. The van der Waals surface area contributed by atoms with E-state index in [9.17, 15) is 9.18 Å². The minimum atomic E-state index is -0.391. The van der Waals surface area contributed by atoms with Gasteiger partial charge in [-0.2, -0.15) is 0 Å². The van der Waals surface area contributed by atoms with Gasteiger partial charge in [0.15, 0.2) is 0 Å². The van der Waals surface area contributed by atoms with Crippen LogP contribution in [-0.4, -0.2) is 24.3 Å². The van der Waals surface area contributed by atoms with Gasteiger partial charge in [-0.15, -0.1) is 0 Å². The van der Waals surface area contributed by atoms with Crippen molar-refractivity contribution in [1.29, 1.82) is 0 Å². The molecule has 1 aromatic heterocycles. The molecular weight excluding hydrogens is 263 g/mol. The number of carbonyl (C=O) groups is 1. The fourth-order valence-corrected chi connectivity index (χ4v) is 2.11. The zero-order chi connectivity index (χ0) is 14.7. The SMILES string of the molecule is Cc1c([C@@H](C)NC(=O)NCCO)oc2ccc(F)cc12. The number of benzene rings is 1. The standard InChI is InChI=1S/C14H17FN2O3/c1-8-11-7-10(15)3-4-12(11)20-13(8)9(2)17-14(19)16-5-6-18/h3-4,7,9,18H,5-6H2,1-2H3,(H2,16,17,19)/t9-/m1/s1. The molecule has 3 N–H and O–H groups in total. The summed E-state index contributed by atoms with van der Waals surface area (Å²) in [4.78, 5) is 11.5. The van der Waals surface area contributed by atoms with Crippen molar-refractivity contribution in [2.45, 2.75) is 19.9 Å². The zero-order valence-corrected chi connectivity index (χ0v) is 11.4. The van der Waals surface area contributed by atoms with Gasteiger partial charge in [0, 0.05) is 17.5 Å². The first-order valence-electron chi connectivity index (χ1n) is 6.36. The molecule has 0 saturated heterocycles. The maximum atomic E-state index is 13.2. The first-order chi connectivity index (χ1) is 9.52. The molecule has 0 aliphatic rings. The van der Waals surface area contributed by atoms with E-state index >= 15 is 0 Å². The summed E-state index contributed by atoms with van der Waals surface area (Å²) in [6.45, 7) is 3.66. The van der Waals surface area contributed by atoms with E-state index < -0.39 is 6.03 Å². The Labute approximate surface area is 115 Å². The first kappa shape index (κ1) is 14.3. The van der Waals surface area contributed by atoms with Crippen molar-refractivity contribution >= 4 is 17.0 Å². The van der Waals surface area contributed by atoms with E-state index in [0.717, 1.165) is 5.56 Å². The second-order valence-corrected chi connectivity index (χ2v) is 4.58. The number of urea groups is 1. The molecule has 0 aliphatic heterocycles. The minimum Gasteiger partial charge on any atom is -0.459 e. The number of hydrogen-bond donors (Lipinski definition) is 3. The summed E-state index contributed by atoms with van der Waals surface area (Å²) in [5, 5.41) is 14.5. The molecule has 0 unspecified atom stereocenters. The normalized spacial score (nSPS) is 12.4. The van der Waals surface area contributed by atoms with E-state index in [0.29, 0.717) is 16.7 Å². The van der Waals surface area contributed by atoms with Gasteiger partial charge in [0.25, 0.3) is 0 Å². The molecule has 2 rings (SSSR count). The maximum absolute atomic E-state index is 13.2. The van der Waals surface area contributed by atoms with Crippen LogP contribution in [0.5, 0.6) is 0 Å². The molecule has 0 saturated carbocycles. The van der Waals surface area contributed by atoms with Crippen LogP contribution in [0.3, 0.4) is 0 Å². The molecule has 2 aromatic rings. The third-order valence-electron chi connectivity index (χ3n) is 3.07. The highest BCUT2D eigenvalue weighted by Gasteiger charge is 2.18. The van der Waals surface area contributed by atoms with Crippen LogP contribution >= 0.6 is 0 Å². The van der Waals surface area contributed by atoms with E-state index in [1.807, 2.05) is 6.92 Å². The topological polar surface area (TPSA) is 74.5 Å². The fraction of sp³-hybridized carbons (Fsp3) is 0.357. The molecule has 6 heteroatoms. The molecule has 0 radical (unpaired) electrons. The summed E-state index contributed by atoms with van der Waals surface area (Å²) in [5.41, 5.74) is 1.39. The predicted octanol–water partition coefficient (Wildman–Crippen LogP) is 2.23. The van der Waals surface area contributed by atoms with Gasteiger partial charge in [-0.3, -0.25) is 0 Å². The highest BCUT2D eigenvalue weighted by atomic mass is 19.1. The average Bonchev–Trinajstić information content (AvgIpc) is 2.74. The van der Waals surface area contributed by atoms with Crippen molar-refractivity contribution in [2.75, 3.05) is 13.2 Å². The van der Waals surface area contributed by atoms with Gasteiger partial charge in [-0.05, 0) is 32.0 Å². The second kappa shape index (κ2) is 5.92. The van der Waals surface area contributed by atoms with Crippen molar-refractivity contribution < 1.29 is 18.7 Å². The van der Waals surface area contributed by atoms with E-state index in [2.05, 4.69) is 10.6 Å². The Kier molecular flexibility index (Phi) is 4.24. The van der Waals surface area contributed by atoms with Crippen LogP contribution in [0.25, 0.3) is 11.0 Å². The van der Waals surface area contributed by atoms with Crippen LogP contribution in [0.4, 0.5) is 9.18 Å². The maximum Gasteiger partial charge on any atom is 0.315 e. The Morgan fingerprint density at radius 1 is 1.50 bits per heavy atom. The minimum absolute atomic E-state index is 0.120. The molecule has 5 nitrogen and oxygen atoms in total. The van der Waals surface area contributed by atoms with Gasteiger partial charge in [0.1, 0.15) is 17.2 Å². The summed E-state index contributed by atoms with van der Waals surface area (Å²) in [6.07, 6.45) is 0. The molecule has 1 atom stereocenters. The number of amides is 2. The molecule has 1 aromatic carbocycles. The first-order valence-corrected chi connectivity index (χ1v) is 6.36. The van der Waals surface area contributed by atoms with Crippen LogP contribution in [-0.2, 0) is 0 Å². The zero-order valence-electron chi connectivity index (χ0n) is 11.4. The molecule has 108 valence electrons. The van der Waals surface area contributed by atoms with Crippen molar-refractivity contribution in [3.8, 4) is 0 Å². The van der Waals surface area contributed by atoms with Crippen LogP contribution in [0, 0.1) is 12.7 Å². The number of carbonyl (C=O) groups excluding carboxylic acids is 1. The van der Waals surface area contributed by atoms with E-state index in [1.165, 1.54) is 12.1 Å². The molecule has 0 bridgehead atoms. The van der Waals surface area contributed by atoms with Gasteiger partial charge >= 0.3 is 6.03 Å². The Morgan fingerprint density at radius 2 is 2.25 bits per heavy atom.